The molecule has 0 heterocycles. The number of benzene rings is 1. The number of aliphatic hydroxyl groups excluding tert-OH is 1. The van der Waals surface area contributed by atoms with Crippen LogP contribution in [0.1, 0.15) is 20.3 Å². The summed E-state index contributed by atoms with van der Waals surface area (Å²) in [6, 6.07) is 8.69. The number of hydrogen-bond acceptors (Lipinski definition) is 3. The van der Waals surface area contributed by atoms with Crippen LogP contribution in [-0.2, 0) is 0 Å². The molecule has 0 radical (unpaired) electrons. The maximum Gasteiger partial charge on any atom is 0.0630 e. The molecular weight excluding hydrogens is 218 g/mol. The van der Waals surface area contributed by atoms with E-state index >= 15 is 0 Å². The minimum Gasteiger partial charge on any atom is -0.392 e. The molecule has 1 aliphatic rings. The van der Waals surface area contributed by atoms with Crippen molar-refractivity contribution in [3.05, 3.63) is 24.3 Å². The van der Waals surface area contributed by atoms with Crippen LogP contribution in [0.3, 0.4) is 0 Å². The summed E-state index contributed by atoms with van der Waals surface area (Å²) in [5, 5.41) is 13.2. The fourth-order valence-electron chi connectivity index (χ4n) is 2.10. The van der Waals surface area contributed by atoms with Crippen molar-refractivity contribution >= 4 is 17.4 Å². The molecule has 0 bridgehead atoms. The second-order valence-electron chi connectivity index (χ2n) is 4.97. The van der Waals surface area contributed by atoms with Gasteiger partial charge in [-0.1, -0.05) is 26.0 Å². The summed E-state index contributed by atoms with van der Waals surface area (Å²) in [6.45, 7) is 4.22. The van der Waals surface area contributed by atoms with E-state index in [-0.39, 0.29) is 11.5 Å². The Morgan fingerprint density at radius 2 is 2.06 bits per heavy atom. The molecule has 1 fully saturated rings. The minimum atomic E-state index is -0.175. The number of aliphatic hydroxyl groups is 1. The first kappa shape index (κ1) is 11.8. The number of hydrogen-bond donors (Lipinski definition) is 2. The van der Waals surface area contributed by atoms with Gasteiger partial charge < -0.3 is 10.4 Å². The van der Waals surface area contributed by atoms with Crippen molar-refractivity contribution in [1.29, 1.82) is 0 Å². The van der Waals surface area contributed by atoms with E-state index in [1.807, 2.05) is 6.07 Å². The minimum absolute atomic E-state index is 0.0223. The van der Waals surface area contributed by atoms with Crippen molar-refractivity contribution in [2.24, 2.45) is 5.41 Å². The van der Waals surface area contributed by atoms with Gasteiger partial charge in [-0.2, -0.15) is 0 Å². The van der Waals surface area contributed by atoms with Crippen LogP contribution >= 0.6 is 11.8 Å². The molecule has 0 aliphatic heterocycles. The monoisotopic (exact) mass is 237 g/mol. The van der Waals surface area contributed by atoms with Crippen LogP contribution in [0.25, 0.3) is 0 Å². The van der Waals surface area contributed by atoms with Gasteiger partial charge in [0.05, 0.1) is 6.10 Å². The zero-order valence-electron chi connectivity index (χ0n) is 10.0. The number of rotatable bonds is 3. The van der Waals surface area contributed by atoms with Crippen molar-refractivity contribution < 1.29 is 5.11 Å². The maximum atomic E-state index is 9.71. The molecule has 2 rings (SSSR count). The van der Waals surface area contributed by atoms with E-state index in [4.69, 9.17) is 0 Å². The van der Waals surface area contributed by atoms with Gasteiger partial charge in [0.15, 0.2) is 0 Å². The van der Waals surface area contributed by atoms with Gasteiger partial charge >= 0.3 is 0 Å². The molecule has 0 saturated heterocycles. The quantitative estimate of drug-likeness (QED) is 0.793. The molecule has 1 aromatic rings. The zero-order chi connectivity index (χ0) is 11.8. The van der Waals surface area contributed by atoms with E-state index in [0.717, 1.165) is 6.42 Å². The van der Waals surface area contributed by atoms with E-state index < -0.39 is 0 Å². The molecular formula is C13H19NOS. The first-order chi connectivity index (χ1) is 7.55. The van der Waals surface area contributed by atoms with Crippen LogP contribution in [0.15, 0.2) is 29.2 Å². The highest BCUT2D eigenvalue weighted by molar-refractivity contribution is 7.98. The first-order valence-electron chi connectivity index (χ1n) is 5.63. The highest BCUT2D eigenvalue weighted by Crippen LogP contribution is 2.43. The molecule has 0 aromatic heterocycles. The summed E-state index contributed by atoms with van der Waals surface area (Å²) >= 11 is 1.75. The Labute approximate surface area is 101 Å². The second-order valence-corrected chi connectivity index (χ2v) is 5.82. The van der Waals surface area contributed by atoms with Crippen molar-refractivity contribution in [3.8, 4) is 0 Å². The van der Waals surface area contributed by atoms with Gasteiger partial charge in [0.1, 0.15) is 0 Å². The smallest absolute Gasteiger partial charge is 0.0630 e. The summed E-state index contributed by atoms with van der Waals surface area (Å²) < 4.78 is 0. The third-order valence-corrected chi connectivity index (χ3v) is 4.45. The van der Waals surface area contributed by atoms with Crippen LogP contribution in [0.5, 0.6) is 0 Å². The fraction of sp³-hybridized carbons (Fsp3) is 0.538. The number of nitrogens with one attached hydrogen (secondary N) is 1. The standard InChI is InChI=1S/C13H19NOS/c1-13(2)11(8-12(13)15)14-9-6-4-5-7-10(9)16-3/h4-7,11-12,14-15H,8H2,1-3H3. The maximum absolute atomic E-state index is 9.71. The molecule has 1 aliphatic carbocycles. The molecule has 1 aromatic carbocycles. The molecule has 3 heteroatoms. The largest absolute Gasteiger partial charge is 0.392 e. The van der Waals surface area contributed by atoms with Gasteiger partial charge in [-0.05, 0) is 24.8 Å². The normalized spacial score (nSPS) is 27.2. The van der Waals surface area contributed by atoms with E-state index in [2.05, 4.69) is 43.6 Å². The first-order valence-corrected chi connectivity index (χ1v) is 6.86. The Hall–Kier alpha value is -0.670. The predicted octanol–water partition coefficient (Wildman–Crippen LogP) is 2.98. The van der Waals surface area contributed by atoms with Crippen molar-refractivity contribution in [1.82, 2.24) is 0 Å². The van der Waals surface area contributed by atoms with Gasteiger partial charge in [0.2, 0.25) is 0 Å². The van der Waals surface area contributed by atoms with E-state index in [0.29, 0.717) is 6.04 Å². The Morgan fingerprint density at radius 3 is 2.62 bits per heavy atom. The lowest BCUT2D eigenvalue weighted by atomic mass is 9.64. The lowest BCUT2D eigenvalue weighted by Crippen LogP contribution is -2.56. The Balaban J connectivity index is 2.11. The molecule has 2 N–H and O–H groups in total. The summed E-state index contributed by atoms with van der Waals surface area (Å²) in [4.78, 5) is 1.26. The zero-order valence-corrected chi connectivity index (χ0v) is 10.8. The van der Waals surface area contributed by atoms with Crippen molar-refractivity contribution in [2.45, 2.75) is 37.3 Å². The van der Waals surface area contributed by atoms with E-state index in [1.165, 1.54) is 10.6 Å². The highest BCUT2D eigenvalue weighted by atomic mass is 32.2. The van der Waals surface area contributed by atoms with Crippen LogP contribution in [0, 0.1) is 5.41 Å². The highest BCUT2D eigenvalue weighted by Gasteiger charge is 2.47. The van der Waals surface area contributed by atoms with Crippen LogP contribution in [-0.4, -0.2) is 23.5 Å². The molecule has 88 valence electrons. The molecule has 0 spiro atoms. The third-order valence-electron chi connectivity index (χ3n) is 3.65. The summed E-state index contributed by atoms with van der Waals surface area (Å²) in [5.41, 5.74) is 1.16. The number of anilines is 1. The SMILES string of the molecule is CSc1ccccc1NC1CC(O)C1(C)C. The Morgan fingerprint density at radius 1 is 1.38 bits per heavy atom. The molecule has 2 nitrogen and oxygen atoms in total. The van der Waals surface area contributed by atoms with Gasteiger partial charge in [-0.3, -0.25) is 0 Å². The topological polar surface area (TPSA) is 32.3 Å². The summed E-state index contributed by atoms with van der Waals surface area (Å²) in [6.07, 6.45) is 2.75. The Bertz CT molecular complexity index is 378. The average Bonchev–Trinajstić information content (AvgIpc) is 2.29. The van der Waals surface area contributed by atoms with Gasteiger partial charge in [0.25, 0.3) is 0 Å². The molecule has 0 amide bonds. The van der Waals surface area contributed by atoms with Crippen LogP contribution in [0.4, 0.5) is 5.69 Å². The van der Waals surface area contributed by atoms with Gasteiger partial charge in [-0.25, -0.2) is 0 Å². The summed E-state index contributed by atoms with van der Waals surface area (Å²) in [5.74, 6) is 0. The summed E-state index contributed by atoms with van der Waals surface area (Å²) in [7, 11) is 0. The van der Waals surface area contributed by atoms with E-state index in [9.17, 15) is 5.11 Å². The van der Waals surface area contributed by atoms with Gasteiger partial charge in [0, 0.05) is 22.0 Å². The van der Waals surface area contributed by atoms with Crippen LogP contribution in [0.2, 0.25) is 0 Å². The fourth-order valence-corrected chi connectivity index (χ4v) is 2.66. The molecule has 2 atom stereocenters. The number of thioether (sulfide) groups is 1. The molecule has 2 unspecified atom stereocenters. The lowest BCUT2D eigenvalue weighted by Gasteiger charge is -2.50. The predicted molar refractivity (Wildman–Crippen MR) is 70.0 cm³/mol. The van der Waals surface area contributed by atoms with Crippen molar-refractivity contribution in [3.63, 3.8) is 0 Å². The number of para-hydroxylation sites is 1. The third kappa shape index (κ3) is 1.94. The van der Waals surface area contributed by atoms with Crippen LogP contribution < -0.4 is 5.32 Å². The second kappa shape index (κ2) is 4.30. The van der Waals surface area contributed by atoms with Gasteiger partial charge in [-0.15, -0.1) is 11.8 Å². The average molecular weight is 237 g/mol. The Kier molecular flexibility index (Phi) is 3.17. The van der Waals surface area contributed by atoms with Crippen molar-refractivity contribution in [2.75, 3.05) is 11.6 Å². The molecule has 16 heavy (non-hydrogen) atoms. The van der Waals surface area contributed by atoms with E-state index in [1.54, 1.807) is 11.8 Å². The molecule has 1 saturated carbocycles. The lowest BCUT2D eigenvalue weighted by molar-refractivity contribution is -0.0511.